The highest BCUT2D eigenvalue weighted by Gasteiger charge is 2.44. The van der Waals surface area contributed by atoms with Gasteiger partial charge in [0.2, 0.25) is 0 Å². The molecule has 0 atom stereocenters. The highest BCUT2D eigenvalue weighted by Crippen LogP contribution is 2.50. The molecule has 2 aromatic carbocycles. The molecule has 0 saturated heterocycles. The Morgan fingerprint density at radius 1 is 0.750 bits per heavy atom. The van der Waals surface area contributed by atoms with Gasteiger partial charge in [0, 0.05) is 28.5 Å². The van der Waals surface area contributed by atoms with Gasteiger partial charge in [-0.25, -0.2) is 9.97 Å². The Bertz CT molecular complexity index is 1880. The lowest BCUT2D eigenvalue weighted by Gasteiger charge is -2.42. The zero-order chi connectivity index (χ0) is 29.9. The van der Waals surface area contributed by atoms with E-state index in [2.05, 4.69) is 47.4 Å². The molecule has 8 rings (SSSR count). The minimum Gasteiger partial charge on any atom is -0.310 e. The van der Waals surface area contributed by atoms with Crippen molar-refractivity contribution in [3.63, 3.8) is 0 Å². The van der Waals surface area contributed by atoms with Gasteiger partial charge in [-0.05, 0) is 56.6 Å². The second-order valence-electron chi connectivity index (χ2n) is 13.5. The minimum absolute atomic E-state index is 0.00135. The molecular weight excluding hydrogens is 565 g/mol. The number of nitrogens with zero attached hydrogens (tertiary/aromatic N) is 3. The van der Waals surface area contributed by atoms with Crippen molar-refractivity contribution in [3.8, 4) is 22.5 Å². The molecule has 6 nitrogen and oxygen atoms in total. The quantitative estimate of drug-likeness (QED) is 0.193. The highest BCUT2D eigenvalue weighted by atomic mass is 32.2. The van der Waals surface area contributed by atoms with Gasteiger partial charge in [0.05, 0.1) is 28.3 Å². The third-order valence-corrected chi connectivity index (χ3v) is 12.0. The van der Waals surface area contributed by atoms with E-state index in [4.69, 9.17) is 9.97 Å². The van der Waals surface area contributed by atoms with E-state index in [1.165, 1.54) is 35.7 Å². The van der Waals surface area contributed by atoms with Gasteiger partial charge >= 0.3 is 0 Å². The van der Waals surface area contributed by atoms with Crippen LogP contribution < -0.4 is 11.1 Å². The van der Waals surface area contributed by atoms with Crippen LogP contribution in [0.15, 0.2) is 63.3 Å². The lowest BCUT2D eigenvalue weighted by atomic mass is 9.62. The Hall–Kier alpha value is -3.45. The van der Waals surface area contributed by atoms with Crippen molar-refractivity contribution in [1.29, 1.82) is 0 Å². The van der Waals surface area contributed by atoms with Crippen LogP contribution in [0.4, 0.5) is 0 Å². The maximum absolute atomic E-state index is 14.4. The van der Waals surface area contributed by atoms with E-state index in [1.807, 2.05) is 17.6 Å². The van der Waals surface area contributed by atoms with Crippen LogP contribution in [0.3, 0.4) is 0 Å². The number of rotatable bonds is 4. The Balaban J connectivity index is 1.21. The highest BCUT2D eigenvalue weighted by molar-refractivity contribution is 7.98. The summed E-state index contributed by atoms with van der Waals surface area (Å²) in [6.07, 6.45) is 13.1. The molecule has 4 aromatic rings. The van der Waals surface area contributed by atoms with E-state index in [0.29, 0.717) is 23.3 Å². The van der Waals surface area contributed by atoms with Crippen LogP contribution in [0.5, 0.6) is 0 Å². The molecular formula is C37H40N4O2S. The first-order valence-electron chi connectivity index (χ1n) is 16.6. The van der Waals surface area contributed by atoms with E-state index >= 15 is 0 Å². The van der Waals surface area contributed by atoms with Crippen molar-refractivity contribution in [2.75, 3.05) is 0 Å². The van der Waals surface area contributed by atoms with Crippen molar-refractivity contribution in [2.24, 2.45) is 0 Å². The zero-order valence-electron chi connectivity index (χ0n) is 25.6. The maximum atomic E-state index is 14.4. The first-order chi connectivity index (χ1) is 21.5. The lowest BCUT2D eigenvalue weighted by molar-refractivity contribution is 0.282. The molecule has 2 heterocycles. The summed E-state index contributed by atoms with van der Waals surface area (Å²) in [5.41, 5.74) is 8.17. The molecule has 0 radical (unpaired) electrons. The molecule has 2 fully saturated rings. The van der Waals surface area contributed by atoms with Gasteiger partial charge in [0.15, 0.2) is 5.16 Å². The molecule has 7 heteroatoms. The van der Waals surface area contributed by atoms with Crippen molar-refractivity contribution in [3.05, 3.63) is 97.3 Å². The van der Waals surface area contributed by atoms with E-state index < -0.39 is 0 Å². The van der Waals surface area contributed by atoms with Crippen molar-refractivity contribution < 1.29 is 0 Å². The van der Waals surface area contributed by atoms with Crippen LogP contribution >= 0.6 is 11.8 Å². The number of aromatic nitrogens is 4. The summed E-state index contributed by atoms with van der Waals surface area (Å²) in [7, 11) is 0. The predicted octanol–water partition coefficient (Wildman–Crippen LogP) is 7.49. The fraction of sp³-hybridized carbons (Fsp3) is 0.459. The molecule has 0 amide bonds. The Morgan fingerprint density at radius 2 is 1.30 bits per heavy atom. The summed E-state index contributed by atoms with van der Waals surface area (Å²) in [6, 6.07) is 17.0. The van der Waals surface area contributed by atoms with Gasteiger partial charge in [-0.2, -0.15) is 0 Å². The average molecular weight is 605 g/mol. The molecule has 4 aliphatic carbocycles. The van der Waals surface area contributed by atoms with Crippen LogP contribution in [-0.2, 0) is 36.0 Å². The number of hydrogen-bond donors (Lipinski definition) is 1. The molecule has 2 aromatic heterocycles. The van der Waals surface area contributed by atoms with Crippen LogP contribution in [0.25, 0.3) is 22.5 Å². The summed E-state index contributed by atoms with van der Waals surface area (Å²) in [6.45, 7) is 2.59. The lowest BCUT2D eigenvalue weighted by Crippen LogP contribution is -2.43. The van der Waals surface area contributed by atoms with E-state index in [-0.39, 0.29) is 21.9 Å². The van der Waals surface area contributed by atoms with Crippen LogP contribution in [0.1, 0.15) is 99.2 Å². The Labute approximate surface area is 262 Å². The molecule has 4 aliphatic rings. The molecule has 2 spiro atoms. The van der Waals surface area contributed by atoms with Gasteiger partial charge in [0.1, 0.15) is 5.82 Å². The minimum atomic E-state index is -0.126. The standard InChI is InChI=1S/C37H40N4O2S/c1-2-41-34(43)30-32(27-16-8-6-14-25(27)22-37(30)19-11-4-12-20-37)40-35(41)44-23-28-38-31-26-15-7-5-13-24(26)21-36(17-9-3-10-18-36)29(31)33(42)39-28/h5-8,13-16H,2-4,9-12,17-23H2,1H3,(H,38,39,42). The SMILES string of the molecule is CCn1c(SCc2nc3c(c(=O)[nH]2)C2(CCCCC2)Cc2ccccc2-3)nc2c(c1=O)C1(CCCCC1)Cc1ccccc1-2. The zero-order valence-corrected chi connectivity index (χ0v) is 26.4. The summed E-state index contributed by atoms with van der Waals surface area (Å²) < 4.78 is 1.86. The van der Waals surface area contributed by atoms with Crippen molar-refractivity contribution in [2.45, 2.75) is 112 Å². The normalized spacial score (nSPS) is 19.2. The Kier molecular flexibility index (Phi) is 6.93. The molecule has 1 N–H and O–H groups in total. The van der Waals surface area contributed by atoms with Gasteiger partial charge in [0.25, 0.3) is 11.1 Å². The summed E-state index contributed by atoms with van der Waals surface area (Å²) >= 11 is 1.51. The molecule has 0 aliphatic heterocycles. The number of nitrogens with one attached hydrogen (secondary N) is 1. The molecule has 44 heavy (non-hydrogen) atoms. The first-order valence-corrected chi connectivity index (χ1v) is 17.6. The van der Waals surface area contributed by atoms with Crippen LogP contribution in [0, 0.1) is 0 Å². The summed E-state index contributed by atoms with van der Waals surface area (Å²) in [5.74, 6) is 1.08. The van der Waals surface area contributed by atoms with Gasteiger partial charge in [-0.1, -0.05) is 98.8 Å². The third-order valence-electron chi connectivity index (χ3n) is 11.0. The van der Waals surface area contributed by atoms with Crippen LogP contribution in [-0.4, -0.2) is 19.5 Å². The molecule has 2 saturated carbocycles. The fourth-order valence-corrected chi connectivity index (χ4v) is 9.96. The topological polar surface area (TPSA) is 80.6 Å². The number of hydrogen-bond acceptors (Lipinski definition) is 5. The van der Waals surface area contributed by atoms with Gasteiger partial charge in [-0.15, -0.1) is 0 Å². The molecule has 226 valence electrons. The largest absolute Gasteiger partial charge is 0.310 e. The maximum Gasteiger partial charge on any atom is 0.258 e. The molecule has 0 bridgehead atoms. The number of benzene rings is 2. The third kappa shape index (κ3) is 4.37. The van der Waals surface area contributed by atoms with Crippen molar-refractivity contribution >= 4 is 11.8 Å². The average Bonchev–Trinajstić information content (AvgIpc) is 3.04. The second kappa shape index (κ2) is 10.9. The molecule has 0 unspecified atom stereocenters. The van der Waals surface area contributed by atoms with E-state index in [1.54, 1.807) is 0 Å². The van der Waals surface area contributed by atoms with Gasteiger partial charge < -0.3 is 4.98 Å². The predicted molar refractivity (Wildman–Crippen MR) is 176 cm³/mol. The number of thioether (sulfide) groups is 1. The van der Waals surface area contributed by atoms with Crippen molar-refractivity contribution in [1.82, 2.24) is 19.5 Å². The summed E-state index contributed by atoms with van der Waals surface area (Å²) in [5, 5.41) is 0.698. The summed E-state index contributed by atoms with van der Waals surface area (Å²) in [4.78, 5) is 41.8. The number of H-pyrrole nitrogens is 1. The second-order valence-corrected chi connectivity index (χ2v) is 14.5. The fourth-order valence-electron chi connectivity index (χ4n) is 9.03. The Morgan fingerprint density at radius 3 is 1.89 bits per heavy atom. The van der Waals surface area contributed by atoms with Gasteiger partial charge in [-0.3, -0.25) is 14.2 Å². The van der Waals surface area contributed by atoms with E-state index in [9.17, 15) is 9.59 Å². The number of fused-ring (bicyclic) bond motifs is 8. The monoisotopic (exact) mass is 604 g/mol. The first kappa shape index (κ1) is 28.1. The number of aromatic amines is 1. The van der Waals surface area contributed by atoms with E-state index in [0.717, 1.165) is 97.8 Å². The smallest absolute Gasteiger partial charge is 0.258 e. The van der Waals surface area contributed by atoms with Crippen LogP contribution in [0.2, 0.25) is 0 Å².